The molecule has 0 spiro atoms. The van der Waals surface area contributed by atoms with Gasteiger partial charge in [-0.05, 0) is 31.2 Å². The van der Waals surface area contributed by atoms with Crippen molar-refractivity contribution >= 4 is 11.8 Å². The number of benzene rings is 2. The van der Waals surface area contributed by atoms with Gasteiger partial charge in [0.05, 0.1) is 14.2 Å². The lowest BCUT2D eigenvalue weighted by Crippen LogP contribution is -2.56. The van der Waals surface area contributed by atoms with E-state index >= 15 is 0 Å². The molecule has 2 aliphatic heterocycles. The van der Waals surface area contributed by atoms with E-state index in [9.17, 15) is 9.59 Å². The Bertz CT molecular complexity index is 948. The molecule has 2 aliphatic rings. The first-order chi connectivity index (χ1) is 15.0. The highest BCUT2D eigenvalue weighted by Gasteiger charge is 2.38. The Hall–Kier alpha value is -3.42. The van der Waals surface area contributed by atoms with Crippen molar-refractivity contribution in [2.24, 2.45) is 0 Å². The molecule has 0 radical (unpaired) electrons. The van der Waals surface area contributed by atoms with Crippen LogP contribution in [0.2, 0.25) is 0 Å². The fraction of sp³-hybridized carbons (Fsp3) is 0.391. The highest BCUT2D eigenvalue weighted by atomic mass is 16.6. The number of nitrogens with zero attached hydrogens (tertiary/aromatic N) is 2. The number of rotatable bonds is 4. The molecule has 2 atom stereocenters. The van der Waals surface area contributed by atoms with Crippen LogP contribution in [-0.2, 0) is 4.79 Å². The summed E-state index contributed by atoms with van der Waals surface area (Å²) in [5.41, 5.74) is 0.491. The van der Waals surface area contributed by atoms with E-state index in [1.165, 1.54) is 0 Å². The van der Waals surface area contributed by atoms with Gasteiger partial charge >= 0.3 is 0 Å². The summed E-state index contributed by atoms with van der Waals surface area (Å²) in [6.07, 6.45) is -1.11. The van der Waals surface area contributed by atoms with Gasteiger partial charge in [0, 0.05) is 37.8 Å². The van der Waals surface area contributed by atoms with Crippen molar-refractivity contribution in [3.05, 3.63) is 48.0 Å². The van der Waals surface area contributed by atoms with Crippen LogP contribution in [0.25, 0.3) is 0 Å². The van der Waals surface area contributed by atoms with Gasteiger partial charge in [-0.25, -0.2) is 0 Å². The minimum absolute atomic E-state index is 0.121. The summed E-state index contributed by atoms with van der Waals surface area (Å²) < 4.78 is 22.3. The van der Waals surface area contributed by atoms with Gasteiger partial charge in [-0.1, -0.05) is 12.1 Å². The zero-order valence-electron chi connectivity index (χ0n) is 17.9. The minimum Gasteiger partial charge on any atom is -0.497 e. The summed E-state index contributed by atoms with van der Waals surface area (Å²) in [5.74, 6) is 2.07. The monoisotopic (exact) mass is 426 g/mol. The molecular formula is C23H26N2O6. The average molecular weight is 426 g/mol. The number of ether oxygens (including phenoxy) is 4. The molecule has 8 heteroatoms. The van der Waals surface area contributed by atoms with E-state index in [1.54, 1.807) is 48.3 Å². The summed E-state index contributed by atoms with van der Waals surface area (Å²) in [4.78, 5) is 29.5. The van der Waals surface area contributed by atoms with Crippen molar-refractivity contribution in [1.82, 2.24) is 9.80 Å². The van der Waals surface area contributed by atoms with Crippen LogP contribution >= 0.6 is 0 Å². The molecule has 164 valence electrons. The summed E-state index contributed by atoms with van der Waals surface area (Å²) in [5, 5.41) is 0. The predicted molar refractivity (Wildman–Crippen MR) is 113 cm³/mol. The summed E-state index contributed by atoms with van der Waals surface area (Å²) >= 11 is 0. The van der Waals surface area contributed by atoms with Crippen LogP contribution in [0, 0.1) is 0 Å². The number of hydrogen-bond acceptors (Lipinski definition) is 6. The van der Waals surface area contributed by atoms with E-state index in [0.29, 0.717) is 54.7 Å². The third kappa shape index (κ3) is 4.23. The Morgan fingerprint density at radius 3 is 2.00 bits per heavy atom. The first-order valence-corrected chi connectivity index (χ1v) is 10.2. The highest BCUT2D eigenvalue weighted by molar-refractivity contribution is 5.95. The van der Waals surface area contributed by atoms with Crippen molar-refractivity contribution in [1.29, 1.82) is 0 Å². The smallest absolute Gasteiger partial charge is 0.267 e. The number of carbonyl (C=O) groups is 2. The molecule has 0 N–H and O–H groups in total. The van der Waals surface area contributed by atoms with Crippen molar-refractivity contribution in [2.75, 3.05) is 40.4 Å². The van der Waals surface area contributed by atoms with Gasteiger partial charge in [0.1, 0.15) is 17.6 Å². The molecule has 2 unspecified atom stereocenters. The van der Waals surface area contributed by atoms with Crippen LogP contribution in [0.1, 0.15) is 17.3 Å². The Morgan fingerprint density at radius 2 is 1.42 bits per heavy atom. The molecule has 0 aromatic heterocycles. The number of fused-ring (bicyclic) bond motifs is 1. The number of methoxy groups -OCH3 is 2. The van der Waals surface area contributed by atoms with Crippen LogP contribution in [0.5, 0.6) is 23.0 Å². The van der Waals surface area contributed by atoms with E-state index in [4.69, 9.17) is 18.9 Å². The maximum absolute atomic E-state index is 13.1. The molecule has 2 aromatic carbocycles. The fourth-order valence-corrected chi connectivity index (χ4v) is 3.81. The van der Waals surface area contributed by atoms with Crippen LogP contribution < -0.4 is 18.9 Å². The van der Waals surface area contributed by atoms with E-state index < -0.39 is 12.2 Å². The molecule has 2 aromatic rings. The number of para-hydroxylation sites is 2. The molecule has 4 rings (SSSR count). The SMILES string of the molecule is COc1cc(OC)cc(C(=O)N2CCN(C(=O)C3Oc4ccccc4OC3C)CC2)c1. The normalized spacial score (nSPS) is 20.2. The van der Waals surface area contributed by atoms with Crippen molar-refractivity contribution < 1.29 is 28.5 Å². The second-order valence-electron chi connectivity index (χ2n) is 7.53. The zero-order valence-corrected chi connectivity index (χ0v) is 17.9. The first-order valence-electron chi connectivity index (χ1n) is 10.2. The molecule has 1 saturated heterocycles. The van der Waals surface area contributed by atoms with Crippen LogP contribution in [0.3, 0.4) is 0 Å². The maximum Gasteiger partial charge on any atom is 0.267 e. The molecule has 8 nitrogen and oxygen atoms in total. The third-order valence-corrected chi connectivity index (χ3v) is 5.56. The van der Waals surface area contributed by atoms with E-state index in [1.807, 2.05) is 25.1 Å². The van der Waals surface area contributed by atoms with Crippen molar-refractivity contribution in [2.45, 2.75) is 19.1 Å². The number of amides is 2. The molecule has 0 saturated carbocycles. The first kappa shape index (κ1) is 20.8. The van der Waals surface area contributed by atoms with Gasteiger partial charge in [-0.15, -0.1) is 0 Å². The topological polar surface area (TPSA) is 77.5 Å². The predicted octanol–water partition coefficient (Wildman–Crippen LogP) is 2.22. The van der Waals surface area contributed by atoms with Crippen LogP contribution in [-0.4, -0.2) is 74.2 Å². The number of hydrogen-bond donors (Lipinski definition) is 0. The van der Waals surface area contributed by atoms with Gasteiger partial charge in [0.25, 0.3) is 11.8 Å². The second kappa shape index (κ2) is 8.75. The third-order valence-electron chi connectivity index (χ3n) is 5.56. The zero-order chi connectivity index (χ0) is 22.0. The van der Waals surface area contributed by atoms with Crippen molar-refractivity contribution in [3.63, 3.8) is 0 Å². The van der Waals surface area contributed by atoms with Crippen LogP contribution in [0.4, 0.5) is 0 Å². The van der Waals surface area contributed by atoms with Gasteiger partial charge in [-0.3, -0.25) is 9.59 Å². The Morgan fingerprint density at radius 1 is 0.871 bits per heavy atom. The Kier molecular flexibility index (Phi) is 5.88. The molecule has 2 amide bonds. The van der Waals surface area contributed by atoms with Gasteiger partial charge in [0.15, 0.2) is 11.5 Å². The lowest BCUT2D eigenvalue weighted by atomic mass is 10.1. The summed E-state index contributed by atoms with van der Waals surface area (Å²) in [7, 11) is 3.09. The van der Waals surface area contributed by atoms with E-state index in [0.717, 1.165) is 0 Å². The van der Waals surface area contributed by atoms with Crippen LogP contribution in [0.15, 0.2) is 42.5 Å². The van der Waals surface area contributed by atoms with Crippen molar-refractivity contribution in [3.8, 4) is 23.0 Å². The number of carbonyl (C=O) groups excluding carboxylic acids is 2. The molecule has 2 heterocycles. The Balaban J connectivity index is 1.40. The van der Waals surface area contributed by atoms with Gasteiger partial charge in [0.2, 0.25) is 6.10 Å². The Labute approximate surface area is 181 Å². The minimum atomic E-state index is -0.709. The highest BCUT2D eigenvalue weighted by Crippen LogP contribution is 2.34. The van der Waals surface area contributed by atoms with Gasteiger partial charge in [-0.2, -0.15) is 0 Å². The molecule has 1 fully saturated rings. The molecule has 0 bridgehead atoms. The molecule has 31 heavy (non-hydrogen) atoms. The summed E-state index contributed by atoms with van der Waals surface area (Å²) in [6, 6.07) is 12.4. The quantitative estimate of drug-likeness (QED) is 0.746. The average Bonchev–Trinajstić information content (AvgIpc) is 2.82. The maximum atomic E-state index is 13.1. The standard InChI is InChI=1S/C23H26N2O6/c1-15-21(31-20-7-5-4-6-19(20)30-15)23(27)25-10-8-24(9-11-25)22(26)16-12-17(28-2)14-18(13-16)29-3/h4-7,12-15,21H,8-11H2,1-3H3. The lowest BCUT2D eigenvalue weighted by Gasteiger charge is -2.38. The molecule has 0 aliphatic carbocycles. The fourth-order valence-electron chi connectivity index (χ4n) is 3.81. The van der Waals surface area contributed by atoms with E-state index in [-0.39, 0.29) is 11.8 Å². The van der Waals surface area contributed by atoms with Gasteiger partial charge < -0.3 is 28.7 Å². The molecular weight excluding hydrogens is 400 g/mol. The lowest BCUT2D eigenvalue weighted by molar-refractivity contribution is -0.145. The number of piperazine rings is 1. The largest absolute Gasteiger partial charge is 0.497 e. The second-order valence-corrected chi connectivity index (χ2v) is 7.53. The van der Waals surface area contributed by atoms with E-state index in [2.05, 4.69) is 0 Å². The summed E-state index contributed by atoms with van der Waals surface area (Å²) in [6.45, 7) is 3.56.